The maximum Gasteiger partial charge on any atom is 0.573 e. The minimum absolute atomic E-state index is 0.127. The smallest absolute Gasteiger partial charge is 0.405 e. The fraction of sp³-hybridized carbons (Fsp3) is 0.167. The van der Waals surface area contributed by atoms with E-state index in [0.717, 1.165) is 17.2 Å². The number of hydrogen-bond acceptors (Lipinski definition) is 4. The first-order chi connectivity index (χ1) is 12.7. The van der Waals surface area contributed by atoms with Crippen molar-refractivity contribution >= 4 is 28.7 Å². The van der Waals surface area contributed by atoms with Crippen LogP contribution in [-0.4, -0.2) is 27.0 Å². The van der Waals surface area contributed by atoms with Crippen LogP contribution in [0.1, 0.15) is 11.3 Å². The molecule has 2 heterocycles. The number of hydrogen-bond donors (Lipinski definition) is 1. The molecule has 3 rings (SSSR count). The first-order valence-corrected chi connectivity index (χ1v) is 7.86. The number of aromatic nitrogens is 3. The number of nitrogens with zero attached hydrogens (tertiary/aromatic N) is 3. The van der Waals surface area contributed by atoms with Crippen LogP contribution in [0.4, 0.5) is 18.9 Å². The highest BCUT2D eigenvalue weighted by molar-refractivity contribution is 6.02. The molecule has 0 saturated carbocycles. The molecule has 6 nitrogen and oxygen atoms in total. The molecule has 0 radical (unpaired) electrons. The molecule has 0 spiro atoms. The van der Waals surface area contributed by atoms with Gasteiger partial charge in [-0.15, -0.1) is 13.2 Å². The average molecular weight is 376 g/mol. The molecule has 9 heteroatoms. The van der Waals surface area contributed by atoms with Gasteiger partial charge in [0.15, 0.2) is 5.65 Å². The summed E-state index contributed by atoms with van der Waals surface area (Å²) in [5.41, 5.74) is 2.03. The van der Waals surface area contributed by atoms with Gasteiger partial charge in [-0.05, 0) is 25.1 Å². The second-order valence-corrected chi connectivity index (χ2v) is 5.71. The summed E-state index contributed by atoms with van der Waals surface area (Å²) in [6.07, 6.45) is -0.957. The van der Waals surface area contributed by atoms with Gasteiger partial charge in [0.2, 0.25) is 5.91 Å². The number of anilines is 1. The Hall–Kier alpha value is -3.36. The van der Waals surface area contributed by atoms with Gasteiger partial charge in [-0.2, -0.15) is 5.10 Å². The summed E-state index contributed by atoms with van der Waals surface area (Å²) in [4.78, 5) is 16.3. The van der Waals surface area contributed by atoms with Crippen molar-refractivity contribution in [2.45, 2.75) is 13.3 Å². The molecule has 0 aliphatic carbocycles. The van der Waals surface area contributed by atoms with E-state index < -0.39 is 12.3 Å². The van der Waals surface area contributed by atoms with E-state index in [1.807, 2.05) is 6.92 Å². The van der Waals surface area contributed by atoms with Gasteiger partial charge < -0.3 is 10.1 Å². The number of halogens is 3. The SMILES string of the molecule is Cc1nn(C)c2ncc(NC(=O)C=Cc3ccccc3OC(F)(F)F)cc12. The molecule has 140 valence electrons. The van der Waals surface area contributed by atoms with Crippen molar-refractivity contribution in [2.24, 2.45) is 7.05 Å². The summed E-state index contributed by atoms with van der Waals surface area (Å²) < 4.78 is 42.9. The van der Waals surface area contributed by atoms with Crippen molar-refractivity contribution < 1.29 is 22.7 Å². The van der Waals surface area contributed by atoms with E-state index in [1.165, 1.54) is 30.5 Å². The summed E-state index contributed by atoms with van der Waals surface area (Å²) in [7, 11) is 1.77. The van der Waals surface area contributed by atoms with Gasteiger partial charge in [0, 0.05) is 24.1 Å². The summed E-state index contributed by atoms with van der Waals surface area (Å²) in [5, 5.41) is 7.66. The predicted molar refractivity (Wildman–Crippen MR) is 94.0 cm³/mol. The standard InChI is InChI=1S/C18H15F3N4O2/c1-11-14-9-13(10-22-17(14)25(2)24-11)23-16(26)8-7-12-5-3-4-6-15(12)27-18(19,20)21/h3-10H,1-2H3,(H,23,26). The zero-order valence-electron chi connectivity index (χ0n) is 14.4. The molecule has 0 aliphatic rings. The summed E-state index contributed by atoms with van der Waals surface area (Å²) in [5.74, 6) is -0.900. The monoisotopic (exact) mass is 376 g/mol. The third kappa shape index (κ3) is 4.43. The van der Waals surface area contributed by atoms with Crippen molar-refractivity contribution in [1.82, 2.24) is 14.8 Å². The van der Waals surface area contributed by atoms with Crippen molar-refractivity contribution in [1.29, 1.82) is 0 Å². The van der Waals surface area contributed by atoms with Gasteiger partial charge in [0.05, 0.1) is 17.6 Å². The normalized spacial score (nSPS) is 11.9. The summed E-state index contributed by atoms with van der Waals surface area (Å²) in [6, 6.07) is 7.28. The first-order valence-electron chi connectivity index (χ1n) is 7.86. The Balaban J connectivity index is 1.76. The third-order valence-electron chi connectivity index (χ3n) is 3.69. The number of carbonyl (C=O) groups is 1. The summed E-state index contributed by atoms with van der Waals surface area (Å²) in [6.45, 7) is 1.83. The maximum absolute atomic E-state index is 12.4. The first kappa shape index (κ1) is 18.4. The van der Waals surface area contributed by atoms with Gasteiger partial charge in [0.1, 0.15) is 5.75 Å². The van der Waals surface area contributed by atoms with E-state index in [4.69, 9.17) is 0 Å². The quantitative estimate of drug-likeness (QED) is 0.703. The number of amides is 1. The van der Waals surface area contributed by atoms with Crippen LogP contribution in [0.5, 0.6) is 5.75 Å². The number of rotatable bonds is 4. The Bertz CT molecular complexity index is 1030. The number of carbonyl (C=O) groups excluding carboxylic acids is 1. The van der Waals surface area contributed by atoms with Crippen molar-refractivity contribution in [3.8, 4) is 5.75 Å². The van der Waals surface area contributed by atoms with Crippen LogP contribution < -0.4 is 10.1 Å². The molecule has 0 aliphatic heterocycles. The molecular weight excluding hydrogens is 361 g/mol. The largest absolute Gasteiger partial charge is 0.573 e. The number of aryl methyl sites for hydroxylation is 2. The van der Waals surface area contributed by atoms with E-state index in [2.05, 4.69) is 20.1 Å². The van der Waals surface area contributed by atoms with E-state index >= 15 is 0 Å². The van der Waals surface area contributed by atoms with Crippen LogP contribution in [0.25, 0.3) is 17.1 Å². The lowest BCUT2D eigenvalue weighted by atomic mass is 10.2. The fourth-order valence-corrected chi connectivity index (χ4v) is 2.56. The van der Waals surface area contributed by atoms with Crippen molar-refractivity contribution in [3.05, 3.63) is 53.9 Å². The number of ether oxygens (including phenoxy) is 1. The van der Waals surface area contributed by atoms with Gasteiger partial charge in [0.25, 0.3) is 0 Å². The van der Waals surface area contributed by atoms with Crippen LogP contribution >= 0.6 is 0 Å². The molecule has 0 unspecified atom stereocenters. The van der Waals surface area contributed by atoms with Crippen LogP contribution in [0.3, 0.4) is 0 Å². The maximum atomic E-state index is 12.4. The highest BCUT2D eigenvalue weighted by atomic mass is 19.4. The Morgan fingerprint density at radius 3 is 2.78 bits per heavy atom. The molecule has 0 fully saturated rings. The van der Waals surface area contributed by atoms with Gasteiger partial charge >= 0.3 is 6.36 Å². The molecule has 0 saturated heterocycles. The zero-order chi connectivity index (χ0) is 19.6. The Morgan fingerprint density at radius 1 is 1.30 bits per heavy atom. The van der Waals surface area contributed by atoms with Gasteiger partial charge in [-0.3, -0.25) is 9.48 Å². The molecule has 0 bridgehead atoms. The number of para-hydroxylation sites is 1. The molecule has 1 amide bonds. The predicted octanol–water partition coefficient (Wildman–Crippen LogP) is 3.83. The van der Waals surface area contributed by atoms with Crippen molar-refractivity contribution in [3.63, 3.8) is 0 Å². The number of nitrogens with one attached hydrogen (secondary N) is 1. The number of alkyl halides is 3. The molecule has 3 aromatic rings. The van der Waals surface area contributed by atoms with E-state index in [9.17, 15) is 18.0 Å². The zero-order valence-corrected chi connectivity index (χ0v) is 14.4. The third-order valence-corrected chi connectivity index (χ3v) is 3.69. The highest BCUT2D eigenvalue weighted by Crippen LogP contribution is 2.27. The highest BCUT2D eigenvalue weighted by Gasteiger charge is 2.31. The lowest BCUT2D eigenvalue weighted by molar-refractivity contribution is -0.274. The Labute approximate surface area is 152 Å². The Morgan fingerprint density at radius 2 is 2.04 bits per heavy atom. The van der Waals surface area contributed by atoms with Crippen LogP contribution in [0, 0.1) is 6.92 Å². The second kappa shape index (κ2) is 7.10. The van der Waals surface area contributed by atoms with E-state index in [0.29, 0.717) is 11.3 Å². The number of fused-ring (bicyclic) bond motifs is 1. The molecule has 1 N–H and O–H groups in total. The second-order valence-electron chi connectivity index (χ2n) is 5.71. The van der Waals surface area contributed by atoms with Gasteiger partial charge in [-0.25, -0.2) is 4.98 Å². The topological polar surface area (TPSA) is 69.0 Å². The Kier molecular flexibility index (Phi) is 4.85. The molecule has 27 heavy (non-hydrogen) atoms. The lowest BCUT2D eigenvalue weighted by Gasteiger charge is -2.10. The molecule has 0 atom stereocenters. The van der Waals surface area contributed by atoms with Crippen molar-refractivity contribution in [2.75, 3.05) is 5.32 Å². The molecule has 2 aromatic heterocycles. The van der Waals surface area contributed by atoms with E-state index in [-0.39, 0.29) is 11.3 Å². The minimum atomic E-state index is -4.81. The minimum Gasteiger partial charge on any atom is -0.405 e. The molecule has 1 aromatic carbocycles. The average Bonchev–Trinajstić information content (AvgIpc) is 2.87. The van der Waals surface area contributed by atoms with Crippen LogP contribution in [0.15, 0.2) is 42.6 Å². The lowest BCUT2D eigenvalue weighted by Crippen LogP contribution is -2.17. The summed E-state index contributed by atoms with van der Waals surface area (Å²) >= 11 is 0. The number of pyridine rings is 1. The van der Waals surface area contributed by atoms with Crippen LogP contribution in [-0.2, 0) is 11.8 Å². The van der Waals surface area contributed by atoms with Crippen LogP contribution in [0.2, 0.25) is 0 Å². The fourth-order valence-electron chi connectivity index (χ4n) is 2.56. The molecular formula is C18H15F3N4O2. The van der Waals surface area contributed by atoms with Gasteiger partial charge in [-0.1, -0.05) is 18.2 Å². The number of benzene rings is 1. The van der Waals surface area contributed by atoms with E-state index in [1.54, 1.807) is 23.9 Å².